The highest BCUT2D eigenvalue weighted by molar-refractivity contribution is 5.62. The van der Waals surface area contributed by atoms with Gasteiger partial charge >= 0.3 is 0 Å². The summed E-state index contributed by atoms with van der Waals surface area (Å²) >= 11 is 0. The number of nitrogens with zero attached hydrogens (tertiary/aromatic N) is 5. The van der Waals surface area contributed by atoms with E-state index in [1.165, 1.54) is 6.33 Å². The van der Waals surface area contributed by atoms with Gasteiger partial charge in [-0.1, -0.05) is 5.21 Å². The van der Waals surface area contributed by atoms with E-state index in [9.17, 15) is 0 Å². The zero-order chi connectivity index (χ0) is 13.5. The molecule has 2 aromatic heterocycles. The van der Waals surface area contributed by atoms with Gasteiger partial charge in [-0.25, -0.2) is 15.8 Å². The molecule has 2 rings (SSSR count). The number of nitrogen functional groups attached to an aromatic ring is 1. The van der Waals surface area contributed by atoms with Crippen LogP contribution in [-0.4, -0.2) is 38.6 Å². The molecule has 102 valence electrons. The third kappa shape index (κ3) is 3.28. The van der Waals surface area contributed by atoms with E-state index in [2.05, 4.69) is 31.0 Å². The zero-order valence-corrected chi connectivity index (χ0v) is 10.6. The standard InChI is InChI=1S/C10H16N8O/c1-19-8-9(13-7-14-10(8)16-11)12-3-2-5-18-6-4-15-17-18/h4,6-7H,2-3,5,11H2,1H3,(H2,12,13,14,16). The fraction of sp³-hybridized carbons (Fsp3) is 0.400. The number of ether oxygens (including phenoxy) is 1. The fourth-order valence-corrected chi connectivity index (χ4v) is 1.60. The van der Waals surface area contributed by atoms with Crippen molar-refractivity contribution in [1.82, 2.24) is 25.0 Å². The predicted octanol–water partition coefficient (Wildman–Crippen LogP) is -0.136. The minimum absolute atomic E-state index is 0.441. The molecule has 0 aliphatic rings. The van der Waals surface area contributed by atoms with E-state index in [0.717, 1.165) is 19.5 Å². The molecule has 0 atom stereocenters. The minimum Gasteiger partial charge on any atom is -0.490 e. The molecular weight excluding hydrogens is 248 g/mol. The highest BCUT2D eigenvalue weighted by Crippen LogP contribution is 2.27. The Morgan fingerprint density at radius 1 is 1.37 bits per heavy atom. The van der Waals surface area contributed by atoms with Gasteiger partial charge in [0.1, 0.15) is 6.33 Å². The molecule has 0 amide bonds. The van der Waals surface area contributed by atoms with Crippen molar-refractivity contribution in [2.45, 2.75) is 13.0 Å². The molecule has 0 aliphatic heterocycles. The van der Waals surface area contributed by atoms with E-state index in [0.29, 0.717) is 17.4 Å². The number of hydrogen-bond donors (Lipinski definition) is 3. The highest BCUT2D eigenvalue weighted by Gasteiger charge is 2.10. The van der Waals surface area contributed by atoms with Crippen molar-refractivity contribution in [2.75, 3.05) is 24.4 Å². The van der Waals surface area contributed by atoms with Crippen LogP contribution in [0.25, 0.3) is 0 Å². The topological polar surface area (TPSA) is 116 Å². The Bertz CT molecular complexity index is 500. The van der Waals surface area contributed by atoms with Crippen LogP contribution in [0.5, 0.6) is 5.75 Å². The average Bonchev–Trinajstić information content (AvgIpc) is 2.96. The molecule has 0 spiro atoms. The Hall–Kier alpha value is -2.42. The van der Waals surface area contributed by atoms with Gasteiger partial charge in [0.2, 0.25) is 5.75 Å². The predicted molar refractivity (Wildman–Crippen MR) is 69.5 cm³/mol. The number of hydrazine groups is 1. The Morgan fingerprint density at radius 2 is 2.21 bits per heavy atom. The van der Waals surface area contributed by atoms with Crippen molar-refractivity contribution >= 4 is 11.6 Å². The van der Waals surface area contributed by atoms with Gasteiger partial charge in [-0.05, 0) is 6.42 Å². The fourth-order valence-electron chi connectivity index (χ4n) is 1.60. The van der Waals surface area contributed by atoms with Crippen LogP contribution in [0.3, 0.4) is 0 Å². The lowest BCUT2D eigenvalue weighted by Crippen LogP contribution is -2.13. The number of aromatic nitrogens is 5. The average molecular weight is 264 g/mol. The molecule has 4 N–H and O–H groups in total. The van der Waals surface area contributed by atoms with Gasteiger partial charge in [-0.15, -0.1) is 5.10 Å². The van der Waals surface area contributed by atoms with Crippen molar-refractivity contribution in [3.8, 4) is 5.75 Å². The molecule has 0 saturated carbocycles. The minimum atomic E-state index is 0.441. The van der Waals surface area contributed by atoms with Crippen LogP contribution >= 0.6 is 0 Å². The monoisotopic (exact) mass is 264 g/mol. The number of nitrogens with one attached hydrogen (secondary N) is 2. The third-order valence-corrected chi connectivity index (χ3v) is 2.47. The molecule has 9 heteroatoms. The first-order valence-electron chi connectivity index (χ1n) is 5.78. The number of methoxy groups -OCH3 is 1. The summed E-state index contributed by atoms with van der Waals surface area (Å²) < 4.78 is 6.98. The maximum absolute atomic E-state index is 5.35. The van der Waals surface area contributed by atoms with E-state index >= 15 is 0 Å². The van der Waals surface area contributed by atoms with E-state index in [-0.39, 0.29) is 0 Å². The van der Waals surface area contributed by atoms with Crippen LogP contribution in [0.2, 0.25) is 0 Å². The molecule has 0 saturated heterocycles. The van der Waals surface area contributed by atoms with Gasteiger partial charge in [-0.3, -0.25) is 4.68 Å². The first kappa shape index (κ1) is 13.0. The van der Waals surface area contributed by atoms with Gasteiger partial charge in [0.05, 0.1) is 13.3 Å². The Labute approximate surface area is 110 Å². The van der Waals surface area contributed by atoms with E-state index < -0.39 is 0 Å². The maximum atomic E-state index is 5.35. The molecule has 0 bridgehead atoms. The molecule has 0 unspecified atom stereocenters. The van der Waals surface area contributed by atoms with Crippen molar-refractivity contribution in [1.29, 1.82) is 0 Å². The number of rotatable bonds is 7. The summed E-state index contributed by atoms with van der Waals surface area (Å²) in [6.07, 6.45) is 5.77. The molecule has 2 aromatic rings. The van der Waals surface area contributed by atoms with Crippen LogP contribution < -0.4 is 21.3 Å². The van der Waals surface area contributed by atoms with Gasteiger partial charge in [0.25, 0.3) is 0 Å². The van der Waals surface area contributed by atoms with Crippen LogP contribution in [0.1, 0.15) is 6.42 Å². The molecule has 0 aliphatic carbocycles. The van der Waals surface area contributed by atoms with E-state index in [1.54, 1.807) is 18.0 Å². The lowest BCUT2D eigenvalue weighted by molar-refractivity contribution is 0.414. The largest absolute Gasteiger partial charge is 0.490 e. The van der Waals surface area contributed by atoms with Crippen LogP contribution in [-0.2, 0) is 6.54 Å². The SMILES string of the molecule is COc1c(NN)ncnc1NCCCn1ccnn1. The molecular formula is C10H16N8O. The Morgan fingerprint density at radius 3 is 2.89 bits per heavy atom. The summed E-state index contributed by atoms with van der Waals surface area (Å²) in [5.41, 5.74) is 2.46. The van der Waals surface area contributed by atoms with Crippen molar-refractivity contribution in [2.24, 2.45) is 5.84 Å². The normalized spacial score (nSPS) is 10.2. The van der Waals surface area contributed by atoms with E-state index in [4.69, 9.17) is 10.6 Å². The zero-order valence-electron chi connectivity index (χ0n) is 10.6. The van der Waals surface area contributed by atoms with Gasteiger partial charge in [0, 0.05) is 19.3 Å². The summed E-state index contributed by atoms with van der Waals surface area (Å²) in [5.74, 6) is 6.88. The van der Waals surface area contributed by atoms with Crippen LogP contribution in [0.4, 0.5) is 11.6 Å². The first-order valence-corrected chi connectivity index (χ1v) is 5.78. The highest BCUT2D eigenvalue weighted by atomic mass is 16.5. The second-order valence-electron chi connectivity index (χ2n) is 3.69. The summed E-state index contributed by atoms with van der Waals surface area (Å²) in [7, 11) is 1.54. The van der Waals surface area contributed by atoms with Gasteiger partial charge in [-0.2, -0.15) is 0 Å². The Balaban J connectivity index is 1.88. The number of aryl methyl sites for hydroxylation is 1. The number of hydrogen-bond acceptors (Lipinski definition) is 8. The molecule has 0 radical (unpaired) electrons. The Kier molecular flexibility index (Phi) is 4.45. The second-order valence-corrected chi connectivity index (χ2v) is 3.69. The lowest BCUT2D eigenvalue weighted by atomic mass is 10.4. The quantitative estimate of drug-likeness (QED) is 0.359. The summed E-state index contributed by atoms with van der Waals surface area (Å²) in [6, 6.07) is 0. The molecule has 0 aromatic carbocycles. The van der Waals surface area contributed by atoms with Gasteiger partial charge < -0.3 is 15.5 Å². The summed E-state index contributed by atoms with van der Waals surface area (Å²) in [6.45, 7) is 1.50. The molecule has 9 nitrogen and oxygen atoms in total. The summed E-state index contributed by atoms with van der Waals surface area (Å²) in [4.78, 5) is 8.08. The second kappa shape index (κ2) is 6.50. The lowest BCUT2D eigenvalue weighted by Gasteiger charge is -2.12. The van der Waals surface area contributed by atoms with Crippen LogP contribution in [0.15, 0.2) is 18.7 Å². The number of anilines is 2. The molecule has 0 fully saturated rings. The van der Waals surface area contributed by atoms with Gasteiger partial charge in [0.15, 0.2) is 11.6 Å². The van der Waals surface area contributed by atoms with E-state index in [1.807, 2.05) is 6.20 Å². The van der Waals surface area contributed by atoms with Crippen molar-refractivity contribution in [3.05, 3.63) is 18.7 Å². The molecule has 2 heterocycles. The smallest absolute Gasteiger partial charge is 0.205 e. The van der Waals surface area contributed by atoms with Crippen molar-refractivity contribution < 1.29 is 4.74 Å². The summed E-state index contributed by atoms with van der Waals surface area (Å²) in [5, 5.41) is 10.8. The third-order valence-electron chi connectivity index (χ3n) is 2.47. The number of nitrogens with two attached hydrogens (primary N) is 1. The maximum Gasteiger partial charge on any atom is 0.205 e. The van der Waals surface area contributed by atoms with Crippen LogP contribution in [0, 0.1) is 0 Å². The van der Waals surface area contributed by atoms with Crippen molar-refractivity contribution in [3.63, 3.8) is 0 Å². The first-order chi connectivity index (χ1) is 9.35. The molecule has 19 heavy (non-hydrogen) atoms.